The smallest absolute Gasteiger partial charge is 0.270 e. The molecule has 2 heterocycles. The number of hydrogen-bond donors (Lipinski definition) is 1. The van der Waals surface area contributed by atoms with Crippen molar-refractivity contribution in [2.45, 2.75) is 39.3 Å². The van der Waals surface area contributed by atoms with Crippen LogP contribution in [-0.4, -0.2) is 34.5 Å². The average Bonchev–Trinajstić information content (AvgIpc) is 2.79. The molecule has 0 aromatic carbocycles. The first kappa shape index (κ1) is 14.6. The van der Waals surface area contributed by atoms with Crippen LogP contribution in [0, 0.1) is 5.92 Å². The monoisotopic (exact) mass is 327 g/mol. The predicted molar refractivity (Wildman–Crippen MR) is 80.1 cm³/mol. The molecule has 1 aromatic rings. The average molecular weight is 328 g/mol. The Bertz CT molecular complexity index is 456. The van der Waals surface area contributed by atoms with Gasteiger partial charge in [0.2, 0.25) is 0 Å². The van der Waals surface area contributed by atoms with Crippen LogP contribution in [0.3, 0.4) is 0 Å². The Kier molecular flexibility index (Phi) is 4.68. The number of rotatable bonds is 3. The van der Waals surface area contributed by atoms with E-state index >= 15 is 0 Å². The van der Waals surface area contributed by atoms with E-state index < -0.39 is 0 Å². The third-order valence-electron chi connectivity index (χ3n) is 3.91. The molecule has 1 fully saturated rings. The van der Waals surface area contributed by atoms with Crippen molar-refractivity contribution in [1.29, 1.82) is 0 Å². The molecular formula is C14H22BrN3O. The van der Waals surface area contributed by atoms with Gasteiger partial charge in [-0.25, -0.2) is 0 Å². The third-order valence-corrected chi connectivity index (χ3v) is 4.35. The van der Waals surface area contributed by atoms with Crippen molar-refractivity contribution in [2.75, 3.05) is 13.1 Å². The largest absolute Gasteiger partial charge is 0.343 e. The third kappa shape index (κ3) is 3.20. The molecule has 2 rings (SSSR count). The van der Waals surface area contributed by atoms with Crippen LogP contribution in [0.25, 0.3) is 0 Å². The number of carbonyl (C=O) groups is 1. The molecule has 1 aliphatic heterocycles. The fraction of sp³-hybridized carbons (Fsp3) is 0.643. The molecular weight excluding hydrogens is 306 g/mol. The van der Waals surface area contributed by atoms with Gasteiger partial charge in [-0.05, 0) is 54.6 Å². The van der Waals surface area contributed by atoms with Crippen molar-refractivity contribution >= 4 is 21.8 Å². The van der Waals surface area contributed by atoms with Crippen molar-refractivity contribution in [3.05, 3.63) is 22.4 Å². The van der Waals surface area contributed by atoms with Crippen LogP contribution < -0.4 is 5.73 Å². The van der Waals surface area contributed by atoms with E-state index in [-0.39, 0.29) is 11.9 Å². The van der Waals surface area contributed by atoms with Gasteiger partial charge in [0.25, 0.3) is 5.91 Å². The van der Waals surface area contributed by atoms with Crippen molar-refractivity contribution in [3.63, 3.8) is 0 Å². The van der Waals surface area contributed by atoms with Crippen LogP contribution in [-0.2, 0) is 6.54 Å². The molecule has 1 aromatic heterocycles. The number of aryl methyl sites for hydroxylation is 1. The summed E-state index contributed by atoms with van der Waals surface area (Å²) in [6.07, 6.45) is 4.13. The van der Waals surface area contributed by atoms with Crippen molar-refractivity contribution in [3.8, 4) is 0 Å². The van der Waals surface area contributed by atoms with Gasteiger partial charge in [0.1, 0.15) is 5.69 Å². The molecule has 106 valence electrons. The Morgan fingerprint density at radius 3 is 3.00 bits per heavy atom. The lowest BCUT2D eigenvalue weighted by Crippen LogP contribution is -2.45. The summed E-state index contributed by atoms with van der Waals surface area (Å²) < 4.78 is 2.94. The van der Waals surface area contributed by atoms with Crippen molar-refractivity contribution in [2.24, 2.45) is 11.7 Å². The molecule has 2 N–H and O–H groups in total. The van der Waals surface area contributed by atoms with E-state index in [1.165, 1.54) is 0 Å². The lowest BCUT2D eigenvalue weighted by atomic mass is 9.92. The van der Waals surface area contributed by atoms with Crippen molar-refractivity contribution in [1.82, 2.24) is 9.47 Å². The lowest BCUT2D eigenvalue weighted by molar-refractivity contribution is 0.0650. The summed E-state index contributed by atoms with van der Waals surface area (Å²) in [7, 11) is 0. The van der Waals surface area contributed by atoms with Crippen LogP contribution in [0.5, 0.6) is 0 Å². The second-order valence-corrected chi connectivity index (χ2v) is 6.26. The van der Waals surface area contributed by atoms with Gasteiger partial charge in [0.05, 0.1) is 0 Å². The van der Waals surface area contributed by atoms with Gasteiger partial charge in [-0.15, -0.1) is 0 Å². The van der Waals surface area contributed by atoms with Gasteiger partial charge < -0.3 is 15.2 Å². The Balaban J connectivity index is 2.14. The number of halogens is 1. The van der Waals surface area contributed by atoms with E-state index in [1.54, 1.807) is 0 Å². The molecule has 1 aliphatic rings. The molecule has 4 nitrogen and oxygen atoms in total. The number of nitrogens with two attached hydrogens (primary N) is 1. The molecule has 19 heavy (non-hydrogen) atoms. The summed E-state index contributed by atoms with van der Waals surface area (Å²) in [5.74, 6) is 0.545. The van der Waals surface area contributed by atoms with Gasteiger partial charge in [0, 0.05) is 36.3 Å². The normalized spacial score (nSPS) is 21.5. The minimum absolute atomic E-state index is 0.123. The van der Waals surface area contributed by atoms with Crippen LogP contribution in [0.15, 0.2) is 16.7 Å². The number of piperidine rings is 1. The molecule has 0 radical (unpaired) electrons. The first-order valence-electron chi connectivity index (χ1n) is 6.93. The van der Waals surface area contributed by atoms with E-state index in [0.29, 0.717) is 5.92 Å². The summed E-state index contributed by atoms with van der Waals surface area (Å²) in [6, 6.07) is 2.06. The summed E-state index contributed by atoms with van der Waals surface area (Å²) in [4.78, 5) is 14.6. The maximum atomic E-state index is 12.6. The van der Waals surface area contributed by atoms with E-state index in [2.05, 4.69) is 15.9 Å². The highest BCUT2D eigenvalue weighted by Gasteiger charge is 2.27. The Morgan fingerprint density at radius 2 is 2.37 bits per heavy atom. The minimum Gasteiger partial charge on any atom is -0.343 e. The quantitative estimate of drug-likeness (QED) is 0.927. The van der Waals surface area contributed by atoms with Crippen LogP contribution in [0.2, 0.25) is 0 Å². The Labute approximate surface area is 123 Å². The number of likely N-dealkylation sites (tertiary alicyclic amines) is 1. The summed E-state index contributed by atoms with van der Waals surface area (Å²) in [5.41, 5.74) is 6.74. The summed E-state index contributed by atoms with van der Waals surface area (Å²) >= 11 is 3.44. The zero-order chi connectivity index (χ0) is 14.0. The second-order valence-electron chi connectivity index (χ2n) is 5.34. The maximum absolute atomic E-state index is 12.6. The van der Waals surface area contributed by atoms with Gasteiger partial charge in [-0.1, -0.05) is 0 Å². The first-order valence-corrected chi connectivity index (χ1v) is 7.72. The van der Waals surface area contributed by atoms with Crippen LogP contribution in [0.4, 0.5) is 0 Å². The summed E-state index contributed by atoms with van der Waals surface area (Å²) in [5, 5.41) is 0. The summed E-state index contributed by atoms with van der Waals surface area (Å²) in [6.45, 7) is 6.50. The Morgan fingerprint density at radius 1 is 1.63 bits per heavy atom. The Hall–Kier alpha value is -0.810. The van der Waals surface area contributed by atoms with Gasteiger partial charge in [0.15, 0.2) is 0 Å². The molecule has 0 bridgehead atoms. The van der Waals surface area contributed by atoms with Crippen molar-refractivity contribution < 1.29 is 4.79 Å². The van der Waals surface area contributed by atoms with E-state index in [1.807, 2.05) is 35.6 Å². The lowest BCUT2D eigenvalue weighted by Gasteiger charge is -2.34. The zero-order valence-electron chi connectivity index (χ0n) is 11.6. The SMILES string of the molecule is CCn1cc(Br)cc1C(=O)N1CCC[C@@H]([C@H](C)N)C1. The van der Waals surface area contributed by atoms with Gasteiger partial charge >= 0.3 is 0 Å². The van der Waals surface area contributed by atoms with E-state index in [4.69, 9.17) is 5.73 Å². The standard InChI is InChI=1S/C14H22BrN3O/c1-3-17-9-12(15)7-13(17)14(19)18-6-4-5-11(8-18)10(2)16/h7,9-11H,3-6,8,16H2,1-2H3/t10-,11+/m0/s1. The van der Waals surface area contributed by atoms with Crippen LogP contribution in [0.1, 0.15) is 37.2 Å². The molecule has 0 spiro atoms. The first-order chi connectivity index (χ1) is 9.02. The van der Waals surface area contributed by atoms with E-state index in [9.17, 15) is 4.79 Å². The predicted octanol–water partition coefficient (Wildman–Crippen LogP) is 2.47. The van der Waals surface area contributed by atoms with Gasteiger partial charge in [-0.2, -0.15) is 0 Å². The number of hydrogen-bond acceptors (Lipinski definition) is 2. The molecule has 1 saturated heterocycles. The number of amides is 1. The minimum atomic E-state index is 0.123. The number of aromatic nitrogens is 1. The fourth-order valence-corrected chi connectivity index (χ4v) is 3.17. The molecule has 0 unspecified atom stereocenters. The number of carbonyl (C=O) groups excluding carboxylic acids is 1. The molecule has 5 heteroatoms. The highest BCUT2D eigenvalue weighted by atomic mass is 79.9. The maximum Gasteiger partial charge on any atom is 0.270 e. The zero-order valence-corrected chi connectivity index (χ0v) is 13.2. The highest BCUT2D eigenvalue weighted by Crippen LogP contribution is 2.22. The molecule has 0 saturated carbocycles. The molecule has 2 atom stereocenters. The van der Waals surface area contributed by atoms with E-state index in [0.717, 1.165) is 42.6 Å². The van der Waals surface area contributed by atoms with Gasteiger partial charge in [-0.3, -0.25) is 4.79 Å². The fourth-order valence-electron chi connectivity index (χ4n) is 2.70. The number of nitrogens with zero attached hydrogens (tertiary/aromatic N) is 2. The van der Waals surface area contributed by atoms with Crippen LogP contribution >= 0.6 is 15.9 Å². The molecule has 0 aliphatic carbocycles. The second kappa shape index (κ2) is 6.09. The highest BCUT2D eigenvalue weighted by molar-refractivity contribution is 9.10. The topological polar surface area (TPSA) is 51.3 Å². The molecule has 1 amide bonds.